The van der Waals surface area contributed by atoms with Gasteiger partial charge in [-0.2, -0.15) is 5.21 Å². The van der Waals surface area contributed by atoms with E-state index in [2.05, 4.69) is 20.6 Å². The lowest BCUT2D eigenvalue weighted by atomic mass is 10.1. The molecule has 0 spiro atoms. The van der Waals surface area contributed by atoms with E-state index < -0.39 is 6.10 Å². The van der Waals surface area contributed by atoms with Crippen LogP contribution < -0.4 is 0 Å². The van der Waals surface area contributed by atoms with E-state index >= 15 is 0 Å². The number of rotatable bonds is 6. The molecule has 0 radical (unpaired) electrons. The van der Waals surface area contributed by atoms with Crippen molar-refractivity contribution in [2.75, 3.05) is 27.3 Å². The minimum Gasteiger partial charge on any atom is -0.389 e. The van der Waals surface area contributed by atoms with Gasteiger partial charge in [0.15, 0.2) is 0 Å². The molecule has 1 aromatic heterocycles. The van der Waals surface area contributed by atoms with E-state index in [4.69, 9.17) is 4.74 Å². The zero-order chi connectivity index (χ0) is 15.2. The van der Waals surface area contributed by atoms with Gasteiger partial charge in [-0.25, -0.2) is 0 Å². The Morgan fingerprint density at radius 1 is 1.43 bits per heavy atom. The second kappa shape index (κ2) is 6.91. The number of hydrogen-bond donors (Lipinski definition) is 2. The van der Waals surface area contributed by atoms with Gasteiger partial charge in [-0.3, -0.25) is 4.79 Å². The van der Waals surface area contributed by atoms with E-state index in [0.29, 0.717) is 11.4 Å². The summed E-state index contributed by atoms with van der Waals surface area (Å²) in [5.74, 6) is 0.294. The number of aliphatic hydroxyl groups is 1. The second-order valence-electron chi connectivity index (χ2n) is 4.61. The fourth-order valence-electron chi connectivity index (χ4n) is 1.91. The number of aromatic nitrogens is 4. The Morgan fingerprint density at radius 3 is 2.71 bits per heavy atom. The molecule has 0 saturated heterocycles. The zero-order valence-corrected chi connectivity index (χ0v) is 11.9. The monoisotopic (exact) mass is 291 g/mol. The summed E-state index contributed by atoms with van der Waals surface area (Å²) in [5.41, 5.74) is 1.29. The van der Waals surface area contributed by atoms with Gasteiger partial charge in [-0.1, -0.05) is 12.1 Å². The van der Waals surface area contributed by atoms with Crippen LogP contribution in [0.4, 0.5) is 0 Å². The number of carbonyl (C=O) groups is 1. The van der Waals surface area contributed by atoms with E-state index in [9.17, 15) is 9.90 Å². The van der Waals surface area contributed by atoms with Crippen molar-refractivity contribution >= 4 is 5.91 Å². The Balaban J connectivity index is 2.02. The third-order valence-corrected chi connectivity index (χ3v) is 2.93. The summed E-state index contributed by atoms with van der Waals surface area (Å²) in [6.45, 7) is 0.396. The minimum atomic E-state index is -0.706. The van der Waals surface area contributed by atoms with Crippen LogP contribution in [0.25, 0.3) is 11.4 Å². The molecule has 1 heterocycles. The molecule has 1 aromatic carbocycles. The minimum absolute atomic E-state index is 0.176. The smallest absolute Gasteiger partial charge is 0.253 e. The van der Waals surface area contributed by atoms with Gasteiger partial charge >= 0.3 is 0 Å². The topological polar surface area (TPSA) is 104 Å². The maximum atomic E-state index is 12.2. The standard InChI is InChI=1S/C13H17N5O3/c1-18(7-11(19)8-21-2)13(20)10-5-3-9(4-6-10)12-14-16-17-15-12/h3-6,11,19H,7-8H2,1-2H3,(H,14,15,16,17). The lowest BCUT2D eigenvalue weighted by Gasteiger charge is -2.20. The summed E-state index contributed by atoms with van der Waals surface area (Å²) >= 11 is 0. The van der Waals surface area contributed by atoms with Gasteiger partial charge in [-0.05, 0) is 17.3 Å². The lowest BCUT2D eigenvalue weighted by molar-refractivity contribution is 0.0380. The number of benzene rings is 1. The fraction of sp³-hybridized carbons (Fsp3) is 0.385. The van der Waals surface area contributed by atoms with Crippen LogP contribution in [-0.4, -0.2) is 70.0 Å². The van der Waals surface area contributed by atoms with Crippen molar-refractivity contribution < 1.29 is 14.6 Å². The van der Waals surface area contributed by atoms with Crippen molar-refractivity contribution in [1.29, 1.82) is 0 Å². The number of ether oxygens (including phenoxy) is 1. The van der Waals surface area contributed by atoms with Crippen molar-refractivity contribution in [2.24, 2.45) is 0 Å². The molecule has 0 aliphatic heterocycles. The first-order valence-electron chi connectivity index (χ1n) is 6.38. The van der Waals surface area contributed by atoms with Gasteiger partial charge in [0.2, 0.25) is 5.82 Å². The summed E-state index contributed by atoms with van der Waals surface area (Å²) in [6, 6.07) is 6.87. The Kier molecular flexibility index (Phi) is 4.96. The highest BCUT2D eigenvalue weighted by Crippen LogP contribution is 2.15. The molecular weight excluding hydrogens is 274 g/mol. The van der Waals surface area contributed by atoms with Crippen molar-refractivity contribution in [3.63, 3.8) is 0 Å². The molecule has 2 aromatic rings. The Labute approximate surface area is 121 Å². The number of likely N-dealkylation sites (N-methyl/N-ethyl adjacent to an activating group) is 1. The SMILES string of the molecule is COCC(O)CN(C)C(=O)c1ccc(-c2nn[nH]n2)cc1. The normalized spacial score (nSPS) is 12.1. The molecule has 2 N–H and O–H groups in total. The number of hydrogen-bond acceptors (Lipinski definition) is 6. The first-order chi connectivity index (χ1) is 10.1. The number of aliphatic hydroxyl groups excluding tert-OH is 1. The van der Waals surface area contributed by atoms with Crippen LogP contribution in [0.1, 0.15) is 10.4 Å². The number of nitrogens with zero attached hydrogens (tertiary/aromatic N) is 4. The van der Waals surface area contributed by atoms with Crippen LogP contribution in [0.15, 0.2) is 24.3 Å². The molecule has 0 aliphatic carbocycles. The highest BCUT2D eigenvalue weighted by atomic mass is 16.5. The second-order valence-corrected chi connectivity index (χ2v) is 4.61. The van der Waals surface area contributed by atoms with E-state index in [1.54, 1.807) is 31.3 Å². The molecule has 2 rings (SSSR count). The maximum Gasteiger partial charge on any atom is 0.253 e. The molecule has 1 amide bonds. The molecular formula is C13H17N5O3. The number of aromatic amines is 1. The summed E-state index contributed by atoms with van der Waals surface area (Å²) in [6.07, 6.45) is -0.706. The molecule has 1 atom stereocenters. The Hall–Kier alpha value is -2.32. The summed E-state index contributed by atoms with van der Waals surface area (Å²) in [4.78, 5) is 13.7. The summed E-state index contributed by atoms with van der Waals surface area (Å²) in [7, 11) is 3.13. The summed E-state index contributed by atoms with van der Waals surface area (Å²) < 4.78 is 4.84. The maximum absolute atomic E-state index is 12.2. The molecule has 8 nitrogen and oxygen atoms in total. The van der Waals surface area contributed by atoms with Crippen LogP contribution >= 0.6 is 0 Å². The predicted octanol–water partition coefficient (Wildman–Crippen LogP) is -0.0540. The van der Waals surface area contributed by atoms with Crippen LogP contribution in [0.3, 0.4) is 0 Å². The van der Waals surface area contributed by atoms with Gasteiger partial charge in [0.1, 0.15) is 0 Å². The van der Waals surface area contributed by atoms with E-state index in [1.165, 1.54) is 12.0 Å². The molecule has 0 fully saturated rings. The number of H-pyrrole nitrogens is 1. The third kappa shape index (κ3) is 3.83. The molecule has 112 valence electrons. The summed E-state index contributed by atoms with van der Waals surface area (Å²) in [5, 5.41) is 23.2. The van der Waals surface area contributed by atoms with Gasteiger partial charge in [0.05, 0.1) is 12.7 Å². The number of methoxy groups -OCH3 is 1. The highest BCUT2D eigenvalue weighted by Gasteiger charge is 2.15. The van der Waals surface area contributed by atoms with Crippen molar-refractivity contribution in [3.8, 4) is 11.4 Å². The van der Waals surface area contributed by atoms with Gasteiger partial charge < -0.3 is 14.7 Å². The van der Waals surface area contributed by atoms with Crippen LogP contribution in [0.2, 0.25) is 0 Å². The molecule has 0 bridgehead atoms. The average molecular weight is 291 g/mol. The first-order valence-corrected chi connectivity index (χ1v) is 6.38. The molecule has 21 heavy (non-hydrogen) atoms. The van der Waals surface area contributed by atoms with Crippen molar-refractivity contribution in [3.05, 3.63) is 29.8 Å². The molecule has 0 saturated carbocycles. The molecule has 1 unspecified atom stereocenters. The van der Waals surface area contributed by atoms with Gasteiger partial charge in [0.25, 0.3) is 5.91 Å². The average Bonchev–Trinajstić information content (AvgIpc) is 3.01. The van der Waals surface area contributed by atoms with Crippen molar-refractivity contribution in [2.45, 2.75) is 6.10 Å². The molecule has 8 heteroatoms. The van der Waals surface area contributed by atoms with Gasteiger partial charge in [0, 0.05) is 31.8 Å². The van der Waals surface area contributed by atoms with E-state index in [1.807, 2.05) is 0 Å². The van der Waals surface area contributed by atoms with E-state index in [-0.39, 0.29) is 19.1 Å². The van der Waals surface area contributed by atoms with Gasteiger partial charge in [-0.15, -0.1) is 10.2 Å². The zero-order valence-electron chi connectivity index (χ0n) is 11.9. The predicted molar refractivity (Wildman–Crippen MR) is 74.5 cm³/mol. The lowest BCUT2D eigenvalue weighted by Crippen LogP contribution is -2.36. The largest absolute Gasteiger partial charge is 0.389 e. The van der Waals surface area contributed by atoms with Crippen LogP contribution in [0.5, 0.6) is 0 Å². The number of amides is 1. The highest BCUT2D eigenvalue weighted by molar-refractivity contribution is 5.94. The quantitative estimate of drug-likeness (QED) is 0.773. The van der Waals surface area contributed by atoms with Crippen LogP contribution in [0, 0.1) is 0 Å². The Morgan fingerprint density at radius 2 is 2.14 bits per heavy atom. The first kappa shape index (κ1) is 15.1. The fourth-order valence-corrected chi connectivity index (χ4v) is 1.91. The molecule has 0 aliphatic rings. The number of nitrogens with one attached hydrogen (secondary N) is 1. The number of carbonyl (C=O) groups excluding carboxylic acids is 1. The Bertz CT molecular complexity index is 570. The third-order valence-electron chi connectivity index (χ3n) is 2.93. The van der Waals surface area contributed by atoms with E-state index in [0.717, 1.165) is 5.56 Å². The van der Waals surface area contributed by atoms with Crippen LogP contribution in [-0.2, 0) is 4.74 Å². The number of tetrazole rings is 1. The van der Waals surface area contributed by atoms with Crippen molar-refractivity contribution in [1.82, 2.24) is 25.5 Å².